The highest BCUT2D eigenvalue weighted by molar-refractivity contribution is 5.72. The van der Waals surface area contributed by atoms with Crippen LogP contribution in [-0.4, -0.2) is 100 Å². The Labute approximate surface area is 133 Å². The van der Waals surface area contributed by atoms with Crippen LogP contribution in [-0.2, 0) is 14.3 Å². The lowest BCUT2D eigenvalue weighted by atomic mass is 9.91. The zero-order chi connectivity index (χ0) is 17.6. The average molecular weight is 339 g/mol. The standard InChI is InChI=1S/C13H25NO9/c1-7(18)14-3-13(4-16,5-17)6-22-12-11(21)10(20)9(19)8(2-15)23-12/h8-12,15-17,19-21H,2-6H2,1H3,(H,14,18). The van der Waals surface area contributed by atoms with Crippen LogP contribution in [0.2, 0.25) is 0 Å². The molecule has 0 aliphatic carbocycles. The van der Waals surface area contributed by atoms with E-state index >= 15 is 0 Å². The van der Waals surface area contributed by atoms with E-state index in [1.165, 1.54) is 6.92 Å². The second-order valence-corrected chi connectivity index (χ2v) is 5.73. The Morgan fingerprint density at radius 1 is 1.13 bits per heavy atom. The molecule has 1 aliphatic rings. The highest BCUT2D eigenvalue weighted by Gasteiger charge is 2.45. The van der Waals surface area contributed by atoms with E-state index < -0.39 is 55.9 Å². The molecule has 0 spiro atoms. The van der Waals surface area contributed by atoms with E-state index in [1.807, 2.05) is 0 Å². The SMILES string of the molecule is CC(=O)NCC(CO)(CO)COC1OC(CO)C(O)C(O)C1O. The fourth-order valence-electron chi connectivity index (χ4n) is 2.08. The van der Waals surface area contributed by atoms with Gasteiger partial charge in [-0.1, -0.05) is 0 Å². The van der Waals surface area contributed by atoms with Crippen LogP contribution in [0.25, 0.3) is 0 Å². The predicted octanol–water partition coefficient (Wildman–Crippen LogP) is -4.09. The quantitative estimate of drug-likeness (QED) is 0.232. The van der Waals surface area contributed by atoms with Gasteiger partial charge in [0, 0.05) is 13.5 Å². The number of aliphatic hydroxyl groups is 6. The molecule has 0 aromatic rings. The first-order valence-electron chi connectivity index (χ1n) is 7.18. The first kappa shape index (κ1) is 20.2. The number of carbonyl (C=O) groups excluding carboxylic acids is 1. The molecule has 1 aliphatic heterocycles. The number of aliphatic hydroxyl groups excluding tert-OH is 6. The summed E-state index contributed by atoms with van der Waals surface area (Å²) < 4.78 is 10.5. The van der Waals surface area contributed by atoms with Gasteiger partial charge in [-0.3, -0.25) is 4.79 Å². The maximum Gasteiger partial charge on any atom is 0.216 e. The van der Waals surface area contributed by atoms with E-state index in [4.69, 9.17) is 14.6 Å². The lowest BCUT2D eigenvalue weighted by Gasteiger charge is -2.41. The molecule has 23 heavy (non-hydrogen) atoms. The van der Waals surface area contributed by atoms with Gasteiger partial charge in [-0.05, 0) is 0 Å². The van der Waals surface area contributed by atoms with Crippen LogP contribution in [0.1, 0.15) is 6.92 Å². The number of carbonyl (C=O) groups is 1. The summed E-state index contributed by atoms with van der Waals surface area (Å²) in [5, 5.41) is 59.6. The molecule has 0 aromatic heterocycles. The van der Waals surface area contributed by atoms with Crippen molar-refractivity contribution in [1.82, 2.24) is 5.32 Å². The lowest BCUT2D eigenvalue weighted by molar-refractivity contribution is -0.307. The predicted molar refractivity (Wildman–Crippen MR) is 75.0 cm³/mol. The zero-order valence-corrected chi connectivity index (χ0v) is 12.8. The van der Waals surface area contributed by atoms with Crippen molar-refractivity contribution >= 4 is 5.91 Å². The van der Waals surface area contributed by atoms with E-state index in [0.717, 1.165) is 0 Å². The van der Waals surface area contributed by atoms with Crippen molar-refractivity contribution in [3.05, 3.63) is 0 Å². The first-order chi connectivity index (χ1) is 10.8. The third-order valence-electron chi connectivity index (χ3n) is 3.79. The van der Waals surface area contributed by atoms with E-state index in [0.29, 0.717) is 0 Å². The summed E-state index contributed by atoms with van der Waals surface area (Å²) >= 11 is 0. The van der Waals surface area contributed by atoms with Crippen LogP contribution in [0.15, 0.2) is 0 Å². The molecule has 0 radical (unpaired) electrons. The van der Waals surface area contributed by atoms with Gasteiger partial charge in [-0.15, -0.1) is 0 Å². The average Bonchev–Trinajstić information content (AvgIpc) is 2.55. The Balaban J connectivity index is 2.70. The number of nitrogens with one attached hydrogen (secondary N) is 1. The molecule has 136 valence electrons. The van der Waals surface area contributed by atoms with Gasteiger partial charge in [0.05, 0.1) is 31.8 Å². The molecule has 7 N–H and O–H groups in total. The summed E-state index contributed by atoms with van der Waals surface area (Å²) in [6.45, 7) is -0.724. The third kappa shape index (κ3) is 5.06. The van der Waals surface area contributed by atoms with E-state index in [-0.39, 0.29) is 19.1 Å². The largest absolute Gasteiger partial charge is 0.396 e. The van der Waals surface area contributed by atoms with Gasteiger partial charge in [0.25, 0.3) is 0 Å². The van der Waals surface area contributed by atoms with Gasteiger partial charge >= 0.3 is 0 Å². The van der Waals surface area contributed by atoms with Crippen molar-refractivity contribution < 1.29 is 44.9 Å². The van der Waals surface area contributed by atoms with Crippen LogP contribution < -0.4 is 5.32 Å². The Morgan fingerprint density at radius 2 is 1.74 bits per heavy atom. The number of rotatable bonds is 8. The minimum Gasteiger partial charge on any atom is -0.396 e. The Bertz CT molecular complexity index is 374. The molecular weight excluding hydrogens is 314 g/mol. The summed E-state index contributed by atoms with van der Waals surface area (Å²) in [5.74, 6) is -0.357. The van der Waals surface area contributed by atoms with E-state index in [1.54, 1.807) is 0 Å². The molecule has 0 saturated carbocycles. The molecule has 1 fully saturated rings. The van der Waals surface area contributed by atoms with Crippen LogP contribution in [0, 0.1) is 5.41 Å². The maximum absolute atomic E-state index is 11.0. The fourth-order valence-corrected chi connectivity index (χ4v) is 2.08. The third-order valence-corrected chi connectivity index (χ3v) is 3.79. The smallest absolute Gasteiger partial charge is 0.216 e. The zero-order valence-electron chi connectivity index (χ0n) is 12.8. The number of ether oxygens (including phenoxy) is 2. The second kappa shape index (κ2) is 8.85. The number of hydrogen-bond donors (Lipinski definition) is 7. The molecule has 0 bridgehead atoms. The Kier molecular flexibility index (Phi) is 7.77. The van der Waals surface area contributed by atoms with Crippen LogP contribution in [0.3, 0.4) is 0 Å². The van der Waals surface area contributed by atoms with Gasteiger partial charge in [0.1, 0.15) is 24.4 Å². The van der Waals surface area contributed by atoms with Crippen molar-refractivity contribution in [1.29, 1.82) is 0 Å². The summed E-state index contributed by atoms with van der Waals surface area (Å²) in [5.41, 5.74) is -1.22. The van der Waals surface area contributed by atoms with Crippen LogP contribution >= 0.6 is 0 Å². The maximum atomic E-state index is 11.0. The molecule has 1 heterocycles. The summed E-state index contributed by atoms with van der Waals surface area (Å²) in [6, 6.07) is 0. The van der Waals surface area contributed by atoms with Crippen molar-refractivity contribution in [2.75, 3.05) is 33.0 Å². The summed E-state index contributed by atoms with van der Waals surface area (Å²) in [4.78, 5) is 11.0. The highest BCUT2D eigenvalue weighted by Crippen LogP contribution is 2.24. The lowest BCUT2D eigenvalue weighted by Crippen LogP contribution is -2.60. The van der Waals surface area contributed by atoms with Crippen molar-refractivity contribution in [3.63, 3.8) is 0 Å². The van der Waals surface area contributed by atoms with E-state index in [2.05, 4.69) is 5.32 Å². The van der Waals surface area contributed by atoms with Gasteiger partial charge in [-0.2, -0.15) is 0 Å². The second-order valence-electron chi connectivity index (χ2n) is 5.73. The van der Waals surface area contributed by atoms with Crippen LogP contribution in [0.4, 0.5) is 0 Å². The van der Waals surface area contributed by atoms with Crippen LogP contribution in [0.5, 0.6) is 0 Å². The topological polar surface area (TPSA) is 169 Å². The molecule has 5 unspecified atom stereocenters. The molecule has 1 saturated heterocycles. The molecule has 10 nitrogen and oxygen atoms in total. The normalized spacial score (nSPS) is 31.9. The van der Waals surface area contributed by atoms with Crippen molar-refractivity contribution in [3.8, 4) is 0 Å². The minimum absolute atomic E-state index is 0.0766. The highest BCUT2D eigenvalue weighted by atomic mass is 16.7. The molecular formula is C13H25NO9. The molecule has 10 heteroatoms. The van der Waals surface area contributed by atoms with Gasteiger partial charge in [0.15, 0.2) is 6.29 Å². The Morgan fingerprint density at radius 3 is 2.22 bits per heavy atom. The fraction of sp³-hybridized carbons (Fsp3) is 0.923. The van der Waals surface area contributed by atoms with E-state index in [9.17, 15) is 30.3 Å². The van der Waals surface area contributed by atoms with Crippen molar-refractivity contribution in [2.24, 2.45) is 5.41 Å². The summed E-state index contributed by atoms with van der Waals surface area (Å²) in [6.07, 6.45) is -7.16. The molecule has 1 amide bonds. The molecule has 1 rings (SSSR count). The monoisotopic (exact) mass is 339 g/mol. The number of hydrogen-bond acceptors (Lipinski definition) is 9. The molecule has 5 atom stereocenters. The van der Waals surface area contributed by atoms with Crippen molar-refractivity contribution in [2.45, 2.75) is 37.6 Å². The van der Waals surface area contributed by atoms with Gasteiger partial charge in [0.2, 0.25) is 5.91 Å². The minimum atomic E-state index is -1.58. The first-order valence-corrected chi connectivity index (χ1v) is 7.18. The van der Waals surface area contributed by atoms with Gasteiger partial charge < -0.3 is 45.4 Å². The Hall–Kier alpha value is -0.850. The number of amides is 1. The van der Waals surface area contributed by atoms with Gasteiger partial charge in [-0.25, -0.2) is 0 Å². The summed E-state index contributed by atoms with van der Waals surface area (Å²) in [7, 11) is 0. The molecule has 0 aromatic carbocycles.